The zero-order valence-electron chi connectivity index (χ0n) is 10.2. The van der Waals surface area contributed by atoms with Gasteiger partial charge in [-0.25, -0.2) is 17.8 Å². The second kappa shape index (κ2) is 5.67. The molecule has 0 saturated carbocycles. The largest absolute Gasteiger partial charge is 0.268 e. The van der Waals surface area contributed by atoms with Gasteiger partial charge in [-0.3, -0.25) is 4.31 Å². The van der Waals surface area contributed by atoms with E-state index in [1.807, 2.05) is 0 Å². The maximum Gasteiger partial charge on any atom is 0.268 e. The van der Waals surface area contributed by atoms with Gasteiger partial charge in [0.2, 0.25) is 0 Å². The summed E-state index contributed by atoms with van der Waals surface area (Å²) < 4.78 is 40.1. The number of anilines is 1. The first-order valence-corrected chi connectivity index (χ1v) is 7.99. The standard InChI is InChI=1S/C12H9BrClFN2O2S/c1-17(11-4-2-3-5-16-11)20(18,19)10-7-8(13)6-9(14)12(10)15/h2-7H,1H3. The predicted octanol–water partition coefficient (Wildman–Crippen LogP) is 3.46. The van der Waals surface area contributed by atoms with E-state index in [4.69, 9.17) is 11.6 Å². The monoisotopic (exact) mass is 378 g/mol. The summed E-state index contributed by atoms with van der Waals surface area (Å²) in [5.41, 5.74) is 0. The summed E-state index contributed by atoms with van der Waals surface area (Å²) in [6.45, 7) is 0. The quantitative estimate of drug-likeness (QED) is 0.767. The van der Waals surface area contributed by atoms with Crippen LogP contribution in [0.2, 0.25) is 5.02 Å². The number of aromatic nitrogens is 1. The highest BCUT2D eigenvalue weighted by atomic mass is 79.9. The number of benzene rings is 1. The van der Waals surface area contributed by atoms with Gasteiger partial charge in [0, 0.05) is 17.7 Å². The van der Waals surface area contributed by atoms with Gasteiger partial charge >= 0.3 is 0 Å². The number of sulfonamides is 1. The second-order valence-corrected chi connectivity index (χ2v) is 7.12. The molecule has 0 atom stereocenters. The van der Waals surface area contributed by atoms with Gasteiger partial charge in [0.05, 0.1) is 5.02 Å². The fraction of sp³-hybridized carbons (Fsp3) is 0.0833. The van der Waals surface area contributed by atoms with Gasteiger partial charge < -0.3 is 0 Å². The van der Waals surface area contributed by atoms with Gasteiger partial charge in [0.25, 0.3) is 10.0 Å². The van der Waals surface area contributed by atoms with Gasteiger partial charge in [-0.2, -0.15) is 0 Å². The molecule has 8 heteroatoms. The zero-order valence-corrected chi connectivity index (χ0v) is 13.4. The Morgan fingerprint density at radius 2 is 2.05 bits per heavy atom. The molecule has 2 aromatic rings. The van der Waals surface area contributed by atoms with Crippen molar-refractivity contribution in [3.8, 4) is 0 Å². The number of rotatable bonds is 3. The Morgan fingerprint density at radius 1 is 1.35 bits per heavy atom. The first kappa shape index (κ1) is 15.2. The van der Waals surface area contributed by atoms with Gasteiger partial charge in [-0.05, 0) is 24.3 Å². The van der Waals surface area contributed by atoms with Crippen LogP contribution in [0.15, 0.2) is 45.9 Å². The fourth-order valence-corrected chi connectivity index (χ4v) is 3.81. The van der Waals surface area contributed by atoms with Crippen LogP contribution < -0.4 is 4.31 Å². The van der Waals surface area contributed by atoms with Crippen molar-refractivity contribution < 1.29 is 12.8 Å². The molecule has 0 fully saturated rings. The molecule has 106 valence electrons. The van der Waals surface area contributed by atoms with Crippen LogP contribution in [0.3, 0.4) is 0 Å². The van der Waals surface area contributed by atoms with Crippen LogP contribution in [0.5, 0.6) is 0 Å². The van der Waals surface area contributed by atoms with Gasteiger partial charge in [-0.15, -0.1) is 0 Å². The lowest BCUT2D eigenvalue weighted by Crippen LogP contribution is -2.28. The predicted molar refractivity (Wildman–Crippen MR) is 78.9 cm³/mol. The third-order valence-electron chi connectivity index (χ3n) is 2.57. The number of hydrogen-bond donors (Lipinski definition) is 0. The lowest BCUT2D eigenvalue weighted by molar-refractivity contribution is 0.565. The summed E-state index contributed by atoms with van der Waals surface area (Å²) in [5.74, 6) is -0.805. The lowest BCUT2D eigenvalue weighted by Gasteiger charge is -2.19. The van der Waals surface area contributed by atoms with E-state index in [9.17, 15) is 12.8 Å². The molecule has 0 aliphatic carbocycles. The first-order valence-electron chi connectivity index (χ1n) is 5.38. The average Bonchev–Trinajstić information content (AvgIpc) is 2.42. The molecule has 0 aliphatic heterocycles. The van der Waals surface area contributed by atoms with Crippen molar-refractivity contribution in [2.75, 3.05) is 11.4 Å². The third kappa shape index (κ3) is 2.79. The molecule has 2 rings (SSSR count). The van der Waals surface area contributed by atoms with Crippen molar-refractivity contribution in [2.45, 2.75) is 4.90 Å². The minimum atomic E-state index is -4.09. The number of pyridine rings is 1. The van der Waals surface area contributed by atoms with E-state index in [0.717, 1.165) is 10.4 Å². The van der Waals surface area contributed by atoms with Gasteiger partial charge in [0.15, 0.2) is 5.82 Å². The fourth-order valence-electron chi connectivity index (χ4n) is 1.53. The molecular formula is C12H9BrClFN2O2S. The Balaban J connectivity index is 2.57. The van der Waals surface area contributed by atoms with E-state index in [1.54, 1.807) is 12.1 Å². The highest BCUT2D eigenvalue weighted by molar-refractivity contribution is 9.10. The van der Waals surface area contributed by atoms with Crippen LogP contribution in [0.4, 0.5) is 10.2 Å². The Hall–Kier alpha value is -1.18. The summed E-state index contributed by atoms with van der Waals surface area (Å²) in [6.07, 6.45) is 1.45. The molecule has 0 aliphatic rings. The van der Waals surface area contributed by atoms with E-state index in [1.165, 1.54) is 25.4 Å². The van der Waals surface area contributed by atoms with Crippen molar-refractivity contribution in [1.82, 2.24) is 4.98 Å². The molecular weight excluding hydrogens is 371 g/mol. The van der Waals surface area contributed by atoms with Crippen molar-refractivity contribution in [3.05, 3.63) is 51.8 Å². The minimum absolute atomic E-state index is 0.183. The SMILES string of the molecule is CN(c1ccccn1)S(=O)(=O)c1cc(Br)cc(Cl)c1F. The van der Waals surface area contributed by atoms with Crippen molar-refractivity contribution in [1.29, 1.82) is 0 Å². The number of halogens is 3. The highest BCUT2D eigenvalue weighted by Gasteiger charge is 2.27. The van der Waals surface area contributed by atoms with Crippen molar-refractivity contribution in [3.63, 3.8) is 0 Å². The molecule has 0 saturated heterocycles. The van der Waals surface area contributed by atoms with Crippen LogP contribution >= 0.6 is 27.5 Å². The summed E-state index contributed by atoms with van der Waals surface area (Å²) in [4.78, 5) is 3.42. The minimum Gasteiger partial charge on any atom is -0.253 e. The molecule has 0 amide bonds. The van der Waals surface area contributed by atoms with E-state index in [-0.39, 0.29) is 10.8 Å². The first-order chi connectivity index (χ1) is 9.34. The third-order valence-corrected chi connectivity index (χ3v) is 5.06. The van der Waals surface area contributed by atoms with Crippen LogP contribution in [0.1, 0.15) is 0 Å². The summed E-state index contributed by atoms with van der Waals surface area (Å²) in [7, 11) is -2.79. The van der Waals surface area contributed by atoms with E-state index < -0.39 is 20.7 Å². The van der Waals surface area contributed by atoms with Crippen LogP contribution in [0.25, 0.3) is 0 Å². The molecule has 20 heavy (non-hydrogen) atoms. The summed E-state index contributed by atoms with van der Waals surface area (Å²) >= 11 is 8.77. The molecule has 0 N–H and O–H groups in total. The second-order valence-electron chi connectivity index (χ2n) is 3.86. The van der Waals surface area contributed by atoms with Crippen LogP contribution in [0, 0.1) is 5.82 Å². The van der Waals surface area contributed by atoms with Crippen LogP contribution in [-0.2, 0) is 10.0 Å². The molecule has 0 bridgehead atoms. The van der Waals surface area contributed by atoms with Gasteiger partial charge in [0.1, 0.15) is 10.7 Å². The van der Waals surface area contributed by atoms with Crippen LogP contribution in [-0.4, -0.2) is 20.4 Å². The highest BCUT2D eigenvalue weighted by Crippen LogP contribution is 2.30. The molecule has 0 radical (unpaired) electrons. The Kier molecular flexibility index (Phi) is 4.31. The Labute approximate surface area is 129 Å². The molecule has 0 unspecified atom stereocenters. The maximum absolute atomic E-state index is 14.0. The normalized spacial score (nSPS) is 11.4. The molecule has 1 aromatic carbocycles. The molecule has 1 heterocycles. The van der Waals surface area contributed by atoms with Gasteiger partial charge in [-0.1, -0.05) is 33.6 Å². The molecule has 0 spiro atoms. The van der Waals surface area contributed by atoms with E-state index in [2.05, 4.69) is 20.9 Å². The van der Waals surface area contributed by atoms with Crippen molar-refractivity contribution in [2.24, 2.45) is 0 Å². The smallest absolute Gasteiger partial charge is 0.253 e. The summed E-state index contributed by atoms with van der Waals surface area (Å²) in [6, 6.07) is 7.25. The maximum atomic E-state index is 14.0. The van der Waals surface area contributed by atoms with E-state index >= 15 is 0 Å². The number of hydrogen-bond acceptors (Lipinski definition) is 3. The summed E-state index contributed by atoms with van der Waals surface area (Å²) in [5, 5.41) is -0.271. The number of nitrogens with zero attached hydrogens (tertiary/aromatic N) is 2. The zero-order chi connectivity index (χ0) is 14.9. The average molecular weight is 380 g/mol. The van der Waals surface area contributed by atoms with Crippen molar-refractivity contribution >= 4 is 43.4 Å². The Bertz CT molecular complexity index is 741. The van der Waals surface area contributed by atoms with E-state index in [0.29, 0.717) is 4.47 Å². The molecule has 1 aromatic heterocycles. The lowest BCUT2D eigenvalue weighted by atomic mass is 10.3. The Morgan fingerprint density at radius 3 is 2.65 bits per heavy atom. The molecule has 4 nitrogen and oxygen atoms in total. The topological polar surface area (TPSA) is 50.3 Å².